The molecule has 0 aromatic heterocycles. The lowest BCUT2D eigenvalue weighted by Crippen LogP contribution is -2.32. The smallest absolute Gasteiger partial charge is 0.311 e. The fraction of sp³-hybridized carbons (Fsp3) is 0.750. The van der Waals surface area contributed by atoms with Crippen LogP contribution in [-0.2, 0) is 14.3 Å². The fourth-order valence-corrected chi connectivity index (χ4v) is 1.92. The Morgan fingerprint density at radius 3 is 2.53 bits per heavy atom. The number of rotatable bonds is 3. The number of hydrogen-bond donors (Lipinski definition) is 0. The summed E-state index contributed by atoms with van der Waals surface area (Å²) in [5, 5.41) is 0. The summed E-state index contributed by atoms with van der Waals surface area (Å²) in [6, 6.07) is 0. The second-order valence-corrected chi connectivity index (χ2v) is 4.29. The van der Waals surface area contributed by atoms with E-state index in [9.17, 15) is 4.79 Å². The van der Waals surface area contributed by atoms with Crippen LogP contribution in [-0.4, -0.2) is 19.7 Å². The molecule has 0 aromatic rings. The van der Waals surface area contributed by atoms with Gasteiger partial charge in [0.05, 0.1) is 25.4 Å². The van der Waals surface area contributed by atoms with Gasteiger partial charge in [-0.25, -0.2) is 0 Å². The topological polar surface area (TPSA) is 35.5 Å². The van der Waals surface area contributed by atoms with Gasteiger partial charge in [-0.2, -0.15) is 0 Å². The van der Waals surface area contributed by atoms with E-state index in [0.717, 1.165) is 25.7 Å². The van der Waals surface area contributed by atoms with Gasteiger partial charge in [-0.15, -0.1) is 0 Å². The fourth-order valence-electron chi connectivity index (χ4n) is 1.92. The van der Waals surface area contributed by atoms with Gasteiger partial charge in [0.1, 0.15) is 0 Å². The van der Waals surface area contributed by atoms with Crippen LogP contribution in [0.25, 0.3) is 0 Å². The highest BCUT2D eigenvalue weighted by molar-refractivity contribution is 5.76. The van der Waals surface area contributed by atoms with Crippen molar-refractivity contribution in [2.24, 2.45) is 5.41 Å². The first-order valence-electron chi connectivity index (χ1n) is 5.50. The lowest BCUT2D eigenvalue weighted by molar-refractivity contribution is -0.155. The van der Waals surface area contributed by atoms with Crippen molar-refractivity contribution in [3.8, 4) is 0 Å². The molecule has 1 rings (SSSR count). The Bertz CT molecular complexity index is 246. The average Bonchev–Trinajstić information content (AvgIpc) is 2.22. The van der Waals surface area contributed by atoms with E-state index in [1.54, 1.807) is 13.4 Å². The van der Waals surface area contributed by atoms with Crippen LogP contribution in [0.1, 0.15) is 39.5 Å². The highest BCUT2D eigenvalue weighted by atomic mass is 16.5. The van der Waals surface area contributed by atoms with Crippen LogP contribution in [0.15, 0.2) is 11.8 Å². The van der Waals surface area contributed by atoms with Crippen molar-refractivity contribution in [3.05, 3.63) is 11.8 Å². The molecule has 86 valence electrons. The maximum atomic E-state index is 11.7. The van der Waals surface area contributed by atoms with E-state index in [2.05, 4.69) is 0 Å². The second-order valence-electron chi connectivity index (χ2n) is 4.29. The first-order chi connectivity index (χ1) is 7.12. The van der Waals surface area contributed by atoms with Crippen molar-refractivity contribution >= 4 is 5.97 Å². The minimum atomic E-state index is -0.291. The largest absolute Gasteiger partial charge is 0.504 e. The molecule has 0 aromatic carbocycles. The molecule has 0 saturated heterocycles. The van der Waals surface area contributed by atoms with E-state index in [1.807, 2.05) is 13.8 Å². The highest BCUT2D eigenvalue weighted by Crippen LogP contribution is 2.39. The van der Waals surface area contributed by atoms with Gasteiger partial charge in [0, 0.05) is 0 Å². The molecule has 1 aliphatic carbocycles. The summed E-state index contributed by atoms with van der Waals surface area (Å²) in [4.78, 5) is 11.7. The third-order valence-corrected chi connectivity index (χ3v) is 3.05. The molecular formula is C12H20O3. The van der Waals surface area contributed by atoms with Crippen LogP contribution in [0.5, 0.6) is 0 Å². The predicted molar refractivity (Wildman–Crippen MR) is 58.3 cm³/mol. The van der Waals surface area contributed by atoms with E-state index in [1.165, 1.54) is 5.57 Å². The van der Waals surface area contributed by atoms with Gasteiger partial charge >= 0.3 is 5.97 Å². The molecule has 0 aliphatic heterocycles. The van der Waals surface area contributed by atoms with Crippen molar-refractivity contribution in [3.63, 3.8) is 0 Å². The zero-order valence-corrected chi connectivity index (χ0v) is 9.84. The van der Waals surface area contributed by atoms with Gasteiger partial charge in [-0.3, -0.25) is 4.79 Å². The lowest BCUT2D eigenvalue weighted by atomic mass is 9.74. The van der Waals surface area contributed by atoms with E-state index in [-0.39, 0.29) is 11.4 Å². The van der Waals surface area contributed by atoms with Gasteiger partial charge in [-0.05, 0) is 45.1 Å². The van der Waals surface area contributed by atoms with Gasteiger partial charge in [0.2, 0.25) is 0 Å². The first kappa shape index (κ1) is 12.1. The average molecular weight is 212 g/mol. The normalized spacial score (nSPS) is 25.9. The van der Waals surface area contributed by atoms with Crippen molar-refractivity contribution in [2.75, 3.05) is 13.7 Å². The Morgan fingerprint density at radius 2 is 2.07 bits per heavy atom. The van der Waals surface area contributed by atoms with Crippen LogP contribution in [0.4, 0.5) is 0 Å². The molecular weight excluding hydrogens is 192 g/mol. The molecule has 0 N–H and O–H groups in total. The predicted octanol–water partition coefficient (Wildman–Crippen LogP) is 2.66. The first-order valence-corrected chi connectivity index (χ1v) is 5.50. The van der Waals surface area contributed by atoms with E-state index >= 15 is 0 Å². The molecule has 0 atom stereocenters. The van der Waals surface area contributed by atoms with Crippen LogP contribution >= 0.6 is 0 Å². The number of methoxy groups -OCH3 is 1. The van der Waals surface area contributed by atoms with Crippen molar-refractivity contribution in [1.82, 2.24) is 0 Å². The van der Waals surface area contributed by atoms with E-state index < -0.39 is 0 Å². The Labute approximate surface area is 91.4 Å². The molecule has 0 heterocycles. The number of carbonyl (C=O) groups excluding carboxylic acids is 1. The number of hydrogen-bond acceptors (Lipinski definition) is 3. The Kier molecular flexibility index (Phi) is 4.18. The molecule has 3 heteroatoms. The lowest BCUT2D eigenvalue weighted by Gasteiger charge is -2.32. The molecule has 1 fully saturated rings. The van der Waals surface area contributed by atoms with Gasteiger partial charge in [0.25, 0.3) is 0 Å². The van der Waals surface area contributed by atoms with Crippen LogP contribution < -0.4 is 0 Å². The maximum absolute atomic E-state index is 11.7. The van der Waals surface area contributed by atoms with E-state index in [0.29, 0.717) is 6.61 Å². The number of carbonyl (C=O) groups is 1. The molecule has 0 amide bonds. The van der Waals surface area contributed by atoms with Crippen molar-refractivity contribution in [2.45, 2.75) is 39.5 Å². The minimum absolute atomic E-state index is 0.0542. The molecule has 1 aliphatic rings. The summed E-state index contributed by atoms with van der Waals surface area (Å²) in [7, 11) is 1.66. The van der Waals surface area contributed by atoms with Crippen LogP contribution in [0, 0.1) is 5.41 Å². The Morgan fingerprint density at radius 1 is 1.47 bits per heavy atom. The quantitative estimate of drug-likeness (QED) is 0.533. The monoisotopic (exact) mass is 212 g/mol. The van der Waals surface area contributed by atoms with Gasteiger partial charge in [0.15, 0.2) is 0 Å². The summed E-state index contributed by atoms with van der Waals surface area (Å²) in [5.41, 5.74) is 1.00. The zero-order chi connectivity index (χ0) is 11.3. The summed E-state index contributed by atoms with van der Waals surface area (Å²) >= 11 is 0. The maximum Gasteiger partial charge on any atom is 0.311 e. The highest BCUT2D eigenvalue weighted by Gasteiger charge is 2.37. The number of esters is 1. The molecule has 0 bridgehead atoms. The molecule has 3 nitrogen and oxygen atoms in total. The van der Waals surface area contributed by atoms with E-state index in [4.69, 9.17) is 9.47 Å². The Hall–Kier alpha value is -0.990. The standard InChI is InChI=1S/C12H20O3/c1-4-15-11(13)12(2)7-5-10(6-8-12)9-14-3/h9H,4-8H2,1-3H3. The number of ether oxygens (including phenoxy) is 2. The summed E-state index contributed by atoms with van der Waals surface area (Å²) < 4.78 is 10.1. The molecule has 1 saturated carbocycles. The molecule has 0 unspecified atom stereocenters. The molecule has 0 radical (unpaired) electrons. The third-order valence-electron chi connectivity index (χ3n) is 3.05. The second kappa shape index (κ2) is 5.19. The van der Waals surface area contributed by atoms with Crippen LogP contribution in [0.2, 0.25) is 0 Å². The SMILES string of the molecule is CCOC(=O)C1(C)CCC(=COC)CC1. The summed E-state index contributed by atoms with van der Waals surface area (Å²) in [5.74, 6) is -0.0542. The minimum Gasteiger partial charge on any atom is -0.504 e. The van der Waals surface area contributed by atoms with Gasteiger partial charge in [-0.1, -0.05) is 0 Å². The van der Waals surface area contributed by atoms with Gasteiger partial charge < -0.3 is 9.47 Å². The molecule has 15 heavy (non-hydrogen) atoms. The molecule has 0 spiro atoms. The summed E-state index contributed by atoms with van der Waals surface area (Å²) in [6.07, 6.45) is 5.39. The Balaban J connectivity index is 2.54. The summed E-state index contributed by atoms with van der Waals surface area (Å²) in [6.45, 7) is 4.31. The number of allylic oxidation sites excluding steroid dienone is 1. The van der Waals surface area contributed by atoms with Crippen molar-refractivity contribution < 1.29 is 14.3 Å². The zero-order valence-electron chi connectivity index (χ0n) is 9.84. The third kappa shape index (κ3) is 2.98. The van der Waals surface area contributed by atoms with Crippen LogP contribution in [0.3, 0.4) is 0 Å². The van der Waals surface area contributed by atoms with Crippen molar-refractivity contribution in [1.29, 1.82) is 0 Å².